The number of aromatic hydroxyl groups is 1. The van der Waals surface area contributed by atoms with Gasteiger partial charge in [-0.25, -0.2) is 0 Å². The molecule has 0 aliphatic heterocycles. The highest BCUT2D eigenvalue weighted by Crippen LogP contribution is 2.31. The quantitative estimate of drug-likeness (QED) is 0.659. The molecule has 0 unspecified atom stereocenters. The smallest absolute Gasteiger partial charge is 0.506 e. The summed E-state index contributed by atoms with van der Waals surface area (Å²) in [6.07, 6.45) is 0. The molecule has 2 aromatic carbocycles. The second-order valence-electron chi connectivity index (χ2n) is 4.48. The molecule has 2 rings (SSSR count). The highest BCUT2D eigenvalue weighted by molar-refractivity contribution is 7.93. The van der Waals surface area contributed by atoms with Crippen molar-refractivity contribution < 1.29 is 31.5 Å². The van der Waals surface area contributed by atoms with Crippen LogP contribution in [0, 0.1) is 0 Å². The van der Waals surface area contributed by atoms with Crippen molar-refractivity contribution in [2.45, 2.75) is 5.51 Å². The average molecular weight is 345 g/mol. The number of anilines is 1. The van der Waals surface area contributed by atoms with Crippen LogP contribution in [0.4, 0.5) is 18.9 Å². The molecule has 122 valence electrons. The lowest BCUT2D eigenvalue weighted by atomic mass is 10.0. The van der Waals surface area contributed by atoms with Gasteiger partial charge in [0.15, 0.2) is 5.78 Å². The van der Waals surface area contributed by atoms with Gasteiger partial charge in [-0.2, -0.15) is 21.6 Å². The molecule has 0 aromatic heterocycles. The topological polar surface area (TPSA) is 83.5 Å². The fourth-order valence-corrected chi connectivity index (χ4v) is 2.29. The van der Waals surface area contributed by atoms with Gasteiger partial charge in [-0.15, -0.1) is 0 Å². The Balaban J connectivity index is 2.39. The number of benzene rings is 2. The van der Waals surface area contributed by atoms with Gasteiger partial charge >= 0.3 is 15.5 Å². The minimum absolute atomic E-state index is 0.0751. The van der Waals surface area contributed by atoms with Gasteiger partial charge in [-0.05, 0) is 18.2 Å². The van der Waals surface area contributed by atoms with E-state index < -0.39 is 32.8 Å². The lowest BCUT2D eigenvalue weighted by Crippen LogP contribution is -2.30. The molecular formula is C14H10F3NO4S. The molecule has 5 nitrogen and oxygen atoms in total. The SMILES string of the molecule is O=C(c1ccccc1)c1ccc(O)c(NS(=O)(=O)C(F)(F)F)c1. The van der Waals surface area contributed by atoms with Gasteiger partial charge in [-0.3, -0.25) is 9.52 Å². The van der Waals surface area contributed by atoms with Crippen molar-refractivity contribution in [2.24, 2.45) is 0 Å². The second kappa shape index (κ2) is 5.92. The molecule has 0 aliphatic carbocycles. The normalized spacial score (nSPS) is 12.0. The number of hydrogen-bond acceptors (Lipinski definition) is 4. The largest absolute Gasteiger partial charge is 0.516 e. The summed E-state index contributed by atoms with van der Waals surface area (Å²) in [5, 5.41) is 9.51. The first kappa shape index (κ1) is 16.8. The molecule has 9 heteroatoms. The third-order valence-corrected chi connectivity index (χ3v) is 3.94. The molecule has 0 fully saturated rings. The van der Waals surface area contributed by atoms with Crippen molar-refractivity contribution in [2.75, 3.05) is 4.72 Å². The molecule has 2 aromatic rings. The maximum atomic E-state index is 12.4. The Morgan fingerprint density at radius 1 is 1.00 bits per heavy atom. The average Bonchev–Trinajstić information content (AvgIpc) is 2.48. The summed E-state index contributed by atoms with van der Waals surface area (Å²) in [4.78, 5) is 12.2. The number of phenols is 1. The monoisotopic (exact) mass is 345 g/mol. The highest BCUT2D eigenvalue weighted by Gasteiger charge is 2.46. The van der Waals surface area contributed by atoms with Crippen LogP contribution in [-0.2, 0) is 10.0 Å². The van der Waals surface area contributed by atoms with Crippen LogP contribution in [0.25, 0.3) is 0 Å². The molecule has 2 N–H and O–H groups in total. The van der Waals surface area contributed by atoms with Crippen LogP contribution in [-0.4, -0.2) is 24.8 Å². The molecular weight excluding hydrogens is 335 g/mol. The first-order valence-electron chi connectivity index (χ1n) is 6.13. The Morgan fingerprint density at radius 2 is 1.61 bits per heavy atom. The predicted octanol–water partition coefficient (Wildman–Crippen LogP) is 2.88. The van der Waals surface area contributed by atoms with Crippen LogP contribution < -0.4 is 4.72 Å². The second-order valence-corrected chi connectivity index (χ2v) is 6.15. The molecule has 0 radical (unpaired) electrons. The van der Waals surface area contributed by atoms with Crippen LogP contribution in [0.3, 0.4) is 0 Å². The van der Waals surface area contributed by atoms with E-state index >= 15 is 0 Å². The van der Waals surface area contributed by atoms with Crippen molar-refractivity contribution in [1.29, 1.82) is 0 Å². The molecule has 0 spiro atoms. The molecule has 0 amide bonds. The number of hydrogen-bond donors (Lipinski definition) is 2. The van der Waals surface area contributed by atoms with Crippen molar-refractivity contribution in [3.05, 3.63) is 59.7 Å². The van der Waals surface area contributed by atoms with Gasteiger partial charge in [-0.1, -0.05) is 30.3 Å². The van der Waals surface area contributed by atoms with Crippen molar-refractivity contribution in [1.82, 2.24) is 0 Å². The van der Waals surface area contributed by atoms with Gasteiger partial charge in [0.2, 0.25) is 0 Å². The van der Waals surface area contributed by atoms with Gasteiger partial charge in [0, 0.05) is 11.1 Å². The number of sulfonamides is 1. The van der Waals surface area contributed by atoms with Gasteiger partial charge < -0.3 is 5.11 Å². The summed E-state index contributed by atoms with van der Waals surface area (Å²) in [7, 11) is -5.70. The summed E-state index contributed by atoms with van der Waals surface area (Å²) >= 11 is 0. The van der Waals surface area contributed by atoms with Crippen LogP contribution >= 0.6 is 0 Å². The van der Waals surface area contributed by atoms with E-state index in [-0.39, 0.29) is 11.1 Å². The van der Waals surface area contributed by atoms with E-state index in [1.54, 1.807) is 18.2 Å². The summed E-state index contributed by atoms with van der Waals surface area (Å²) in [6, 6.07) is 10.8. The highest BCUT2D eigenvalue weighted by atomic mass is 32.2. The number of halogens is 3. The molecule has 0 atom stereocenters. The fraction of sp³-hybridized carbons (Fsp3) is 0.0714. The third kappa shape index (κ3) is 3.62. The van der Waals surface area contributed by atoms with Crippen LogP contribution in [0.2, 0.25) is 0 Å². The predicted molar refractivity (Wildman–Crippen MR) is 76.6 cm³/mol. The minimum Gasteiger partial charge on any atom is -0.506 e. The Kier molecular flexibility index (Phi) is 4.33. The zero-order valence-electron chi connectivity index (χ0n) is 11.3. The Morgan fingerprint density at radius 3 is 2.17 bits per heavy atom. The molecule has 0 saturated heterocycles. The molecule has 0 aliphatic rings. The maximum Gasteiger partial charge on any atom is 0.516 e. The van der Waals surface area contributed by atoms with Crippen LogP contribution in [0.5, 0.6) is 5.75 Å². The lowest BCUT2D eigenvalue weighted by molar-refractivity contribution is -0.0429. The Labute approximate surface area is 129 Å². The minimum atomic E-state index is -5.70. The van der Waals surface area contributed by atoms with E-state index in [4.69, 9.17) is 0 Å². The fourth-order valence-electron chi connectivity index (χ4n) is 1.72. The summed E-state index contributed by atoms with van der Waals surface area (Å²) < 4.78 is 60.5. The molecule has 0 saturated carbocycles. The summed E-state index contributed by atoms with van der Waals surface area (Å²) in [5.74, 6) is -1.26. The molecule has 0 bridgehead atoms. The number of phenolic OH excluding ortho intramolecular Hbond substituents is 1. The third-order valence-electron chi connectivity index (χ3n) is 2.84. The zero-order chi connectivity index (χ0) is 17.3. The van der Waals surface area contributed by atoms with Gasteiger partial charge in [0.05, 0.1) is 5.69 Å². The standard InChI is InChI=1S/C14H10F3NO4S/c15-14(16,17)23(21,22)18-11-8-10(6-7-12(11)19)13(20)9-4-2-1-3-5-9/h1-8,18-19H. The van der Waals surface area contributed by atoms with E-state index in [1.165, 1.54) is 22.9 Å². The number of rotatable bonds is 4. The Hall–Kier alpha value is -2.55. The molecule has 23 heavy (non-hydrogen) atoms. The van der Waals surface area contributed by atoms with Crippen molar-refractivity contribution in [3.63, 3.8) is 0 Å². The summed E-state index contributed by atoms with van der Waals surface area (Å²) in [6.45, 7) is 0. The van der Waals surface area contributed by atoms with Gasteiger partial charge in [0.1, 0.15) is 5.75 Å². The first-order chi connectivity index (χ1) is 10.6. The van der Waals surface area contributed by atoms with E-state index in [1.807, 2.05) is 0 Å². The number of alkyl halides is 3. The maximum absolute atomic E-state index is 12.4. The van der Waals surface area contributed by atoms with Crippen LogP contribution in [0.15, 0.2) is 48.5 Å². The zero-order valence-corrected chi connectivity index (χ0v) is 12.1. The van der Waals surface area contributed by atoms with Crippen molar-refractivity contribution >= 4 is 21.5 Å². The lowest BCUT2D eigenvalue weighted by Gasteiger charge is -2.12. The number of ketones is 1. The summed E-state index contributed by atoms with van der Waals surface area (Å²) in [5.41, 5.74) is -6.08. The van der Waals surface area contributed by atoms with E-state index in [2.05, 4.69) is 0 Å². The number of carbonyl (C=O) groups excluding carboxylic acids is 1. The first-order valence-corrected chi connectivity index (χ1v) is 7.62. The van der Waals surface area contributed by atoms with E-state index in [9.17, 15) is 31.5 Å². The van der Waals surface area contributed by atoms with Gasteiger partial charge in [0.25, 0.3) is 0 Å². The van der Waals surface area contributed by atoms with Crippen LogP contribution in [0.1, 0.15) is 15.9 Å². The van der Waals surface area contributed by atoms with Crippen molar-refractivity contribution in [3.8, 4) is 5.75 Å². The number of carbonyl (C=O) groups is 1. The Bertz CT molecular complexity index is 833. The number of nitrogens with one attached hydrogen (secondary N) is 1. The molecule has 0 heterocycles. The van der Waals surface area contributed by atoms with E-state index in [0.29, 0.717) is 0 Å². The van der Waals surface area contributed by atoms with E-state index in [0.717, 1.165) is 12.1 Å².